The standard InChI is InChI=1S/C24H26ClN7O4/c25-17-6-9-21(32-14-27-30-31-32)16(12-17)5-10-22(33)29-20(13-19-2-1-11-26-19)23(34)28-18-7-3-15(4-8-18)24(35)36/h3-10,12,14,19-20,26,30-31H,1-2,11,13H2,(H,28,34)(H,29,33)(H,35,36)/b10-5+/t19-,20-/m0/s1. The molecule has 2 aliphatic rings. The highest BCUT2D eigenvalue weighted by Gasteiger charge is 2.26. The third kappa shape index (κ3) is 6.60. The molecule has 2 aromatic rings. The van der Waals surface area contributed by atoms with Crippen molar-refractivity contribution in [3.63, 3.8) is 0 Å². The van der Waals surface area contributed by atoms with E-state index in [1.807, 2.05) is 0 Å². The van der Waals surface area contributed by atoms with Crippen LogP contribution in [0.15, 0.2) is 53.6 Å². The SMILES string of the molecule is O=C(/C=C/c1cc(Cl)ccc1N1C=NNN1)N[C@@H](C[C@@H]1CCCN1)C(=O)Nc1ccc(C(=O)O)cc1. The minimum absolute atomic E-state index is 0.104. The molecular formula is C24H26ClN7O4. The normalized spacial score (nSPS) is 17.7. The first-order valence-corrected chi connectivity index (χ1v) is 11.8. The van der Waals surface area contributed by atoms with E-state index in [0.29, 0.717) is 28.4 Å². The lowest BCUT2D eigenvalue weighted by molar-refractivity contribution is -0.124. The van der Waals surface area contributed by atoms with Gasteiger partial charge in [-0.15, -0.1) is 5.53 Å². The largest absolute Gasteiger partial charge is 0.478 e. The number of hydrazine groups is 2. The van der Waals surface area contributed by atoms with E-state index < -0.39 is 17.9 Å². The van der Waals surface area contributed by atoms with Crippen molar-refractivity contribution in [1.82, 2.24) is 21.7 Å². The minimum Gasteiger partial charge on any atom is -0.478 e. The highest BCUT2D eigenvalue weighted by Crippen LogP contribution is 2.24. The molecule has 6 N–H and O–H groups in total. The molecule has 0 spiro atoms. The lowest BCUT2D eigenvalue weighted by Crippen LogP contribution is -2.46. The molecule has 4 rings (SSSR count). The van der Waals surface area contributed by atoms with Gasteiger partial charge in [-0.25, -0.2) is 15.3 Å². The number of nitrogens with zero attached hydrogens (tertiary/aromatic N) is 2. The molecule has 2 heterocycles. The van der Waals surface area contributed by atoms with E-state index in [-0.39, 0.29) is 17.5 Å². The lowest BCUT2D eigenvalue weighted by Gasteiger charge is -2.21. The zero-order valence-corrected chi connectivity index (χ0v) is 20.0. The van der Waals surface area contributed by atoms with Gasteiger partial charge >= 0.3 is 5.97 Å². The number of benzene rings is 2. The summed E-state index contributed by atoms with van der Waals surface area (Å²) in [6.45, 7) is 0.865. The second-order valence-electron chi connectivity index (χ2n) is 8.34. The summed E-state index contributed by atoms with van der Waals surface area (Å²) >= 11 is 6.15. The number of aromatic carboxylic acids is 1. The number of carboxylic acid groups (broad SMARTS) is 1. The van der Waals surface area contributed by atoms with E-state index >= 15 is 0 Å². The van der Waals surface area contributed by atoms with E-state index in [4.69, 9.17) is 16.7 Å². The maximum absolute atomic E-state index is 13.1. The number of hydrogen-bond donors (Lipinski definition) is 6. The van der Waals surface area contributed by atoms with Crippen molar-refractivity contribution in [2.75, 3.05) is 16.9 Å². The van der Waals surface area contributed by atoms with Crippen molar-refractivity contribution in [3.05, 3.63) is 64.7 Å². The summed E-state index contributed by atoms with van der Waals surface area (Å²) < 4.78 is 0. The van der Waals surface area contributed by atoms with E-state index in [2.05, 4.69) is 32.1 Å². The van der Waals surface area contributed by atoms with Gasteiger partial charge in [-0.1, -0.05) is 11.6 Å². The molecular weight excluding hydrogens is 486 g/mol. The van der Waals surface area contributed by atoms with Crippen LogP contribution >= 0.6 is 11.6 Å². The lowest BCUT2D eigenvalue weighted by atomic mass is 10.0. The fourth-order valence-electron chi connectivity index (χ4n) is 3.98. The molecule has 0 radical (unpaired) electrons. The molecule has 2 atom stereocenters. The second kappa shape index (κ2) is 11.7. The summed E-state index contributed by atoms with van der Waals surface area (Å²) in [5.74, 6) is -1.88. The number of carbonyl (C=O) groups is 3. The molecule has 1 saturated heterocycles. The van der Waals surface area contributed by atoms with Crippen molar-refractivity contribution in [1.29, 1.82) is 0 Å². The Bertz CT molecular complexity index is 1180. The van der Waals surface area contributed by atoms with Crippen LogP contribution in [0, 0.1) is 0 Å². The molecule has 0 bridgehead atoms. The maximum atomic E-state index is 13.1. The molecule has 0 aliphatic carbocycles. The number of hydrogen-bond acceptors (Lipinski definition) is 8. The van der Waals surface area contributed by atoms with Crippen LogP contribution in [0.3, 0.4) is 0 Å². The first-order valence-electron chi connectivity index (χ1n) is 11.4. The van der Waals surface area contributed by atoms with E-state index in [9.17, 15) is 14.4 Å². The van der Waals surface area contributed by atoms with Crippen LogP contribution in [0.5, 0.6) is 0 Å². The van der Waals surface area contributed by atoms with Gasteiger partial charge in [-0.2, -0.15) is 5.10 Å². The molecule has 2 amide bonds. The monoisotopic (exact) mass is 511 g/mol. The Hall–Kier alpha value is -3.93. The van der Waals surface area contributed by atoms with Crippen LogP contribution in [0.25, 0.3) is 6.08 Å². The number of amides is 2. The smallest absolute Gasteiger partial charge is 0.335 e. The molecule has 36 heavy (non-hydrogen) atoms. The summed E-state index contributed by atoms with van der Waals surface area (Å²) in [7, 11) is 0. The molecule has 1 fully saturated rings. The summed E-state index contributed by atoms with van der Waals surface area (Å²) in [5, 5.41) is 24.0. The predicted molar refractivity (Wildman–Crippen MR) is 137 cm³/mol. The molecule has 12 heteroatoms. The zero-order chi connectivity index (χ0) is 25.5. The van der Waals surface area contributed by atoms with Gasteiger partial charge in [0.1, 0.15) is 12.4 Å². The Labute approximate surface area is 212 Å². The predicted octanol–water partition coefficient (Wildman–Crippen LogP) is 2.09. The third-order valence-corrected chi connectivity index (χ3v) is 6.02. The van der Waals surface area contributed by atoms with Crippen molar-refractivity contribution >= 4 is 53.2 Å². The fraction of sp³-hybridized carbons (Fsp3) is 0.250. The van der Waals surface area contributed by atoms with Crippen LogP contribution in [0.4, 0.5) is 11.4 Å². The number of carbonyl (C=O) groups excluding carboxylic acids is 2. The van der Waals surface area contributed by atoms with Crippen molar-refractivity contribution < 1.29 is 19.5 Å². The molecule has 188 valence electrons. The van der Waals surface area contributed by atoms with Crippen molar-refractivity contribution in [3.8, 4) is 0 Å². The first-order chi connectivity index (χ1) is 17.4. The number of rotatable bonds is 9. The Morgan fingerprint density at radius 3 is 2.69 bits per heavy atom. The number of nitrogens with one attached hydrogen (secondary N) is 5. The van der Waals surface area contributed by atoms with Gasteiger partial charge in [0.15, 0.2) is 0 Å². The van der Waals surface area contributed by atoms with Gasteiger partial charge in [-0.3, -0.25) is 9.59 Å². The average Bonchev–Trinajstić information content (AvgIpc) is 3.57. The Balaban J connectivity index is 1.46. The molecule has 11 nitrogen and oxygen atoms in total. The van der Waals surface area contributed by atoms with Gasteiger partial charge in [0.05, 0.1) is 11.3 Å². The van der Waals surface area contributed by atoms with Gasteiger partial charge in [0, 0.05) is 28.4 Å². The quantitative estimate of drug-likeness (QED) is 0.280. The van der Waals surface area contributed by atoms with Crippen molar-refractivity contribution in [2.45, 2.75) is 31.3 Å². The number of anilines is 2. The second-order valence-corrected chi connectivity index (χ2v) is 8.77. The molecule has 2 aromatic carbocycles. The highest BCUT2D eigenvalue weighted by molar-refractivity contribution is 6.30. The summed E-state index contributed by atoms with van der Waals surface area (Å²) in [6, 6.07) is 10.4. The van der Waals surface area contributed by atoms with Crippen LogP contribution < -0.4 is 32.0 Å². The molecule has 0 unspecified atom stereocenters. The molecule has 2 aliphatic heterocycles. The molecule has 0 saturated carbocycles. The fourth-order valence-corrected chi connectivity index (χ4v) is 4.16. The van der Waals surface area contributed by atoms with E-state index in [0.717, 1.165) is 19.4 Å². The van der Waals surface area contributed by atoms with Crippen molar-refractivity contribution in [2.24, 2.45) is 5.10 Å². The average molecular weight is 512 g/mol. The van der Waals surface area contributed by atoms with Crippen LogP contribution in [0.1, 0.15) is 35.2 Å². The summed E-state index contributed by atoms with van der Waals surface area (Å²) in [4.78, 5) is 36.9. The van der Waals surface area contributed by atoms with Gasteiger partial charge in [-0.05, 0) is 74.3 Å². The van der Waals surface area contributed by atoms with Crippen LogP contribution in [-0.2, 0) is 9.59 Å². The third-order valence-electron chi connectivity index (χ3n) is 5.79. The highest BCUT2D eigenvalue weighted by atomic mass is 35.5. The van der Waals surface area contributed by atoms with Gasteiger partial charge in [0.2, 0.25) is 11.8 Å². The Morgan fingerprint density at radius 2 is 2.03 bits per heavy atom. The summed E-state index contributed by atoms with van der Waals surface area (Å²) in [5.41, 5.74) is 7.38. The van der Waals surface area contributed by atoms with Crippen LogP contribution in [0.2, 0.25) is 5.02 Å². The van der Waals surface area contributed by atoms with E-state index in [1.165, 1.54) is 30.3 Å². The zero-order valence-electron chi connectivity index (χ0n) is 19.2. The Kier molecular flexibility index (Phi) is 8.16. The number of carboxylic acids is 1. The maximum Gasteiger partial charge on any atom is 0.335 e. The topological polar surface area (TPSA) is 147 Å². The Morgan fingerprint density at radius 1 is 1.22 bits per heavy atom. The van der Waals surface area contributed by atoms with Gasteiger partial charge in [0.25, 0.3) is 0 Å². The van der Waals surface area contributed by atoms with Gasteiger partial charge < -0.3 is 21.1 Å². The number of hydrazone groups is 1. The summed E-state index contributed by atoms with van der Waals surface area (Å²) in [6.07, 6.45) is 6.83. The van der Waals surface area contributed by atoms with E-state index in [1.54, 1.807) is 35.6 Å². The minimum atomic E-state index is -1.05. The van der Waals surface area contributed by atoms with Crippen LogP contribution in [-0.4, -0.2) is 47.9 Å². The number of halogens is 1. The first kappa shape index (κ1) is 25.2. The molecule has 0 aromatic heterocycles.